The standard InChI is InChI=1S/C37H50N6O14.Gd/c44-28(2-1-9-43-32(47)7-8-33(43)48)25-57-30-5-3-26(4-6-30)18-27(37(55)56)19-29(45)20-38-31(46)21-39-10-12-40(22-34(49)50)14-16-42(24-36(53)54)17-15-41(13-11-39)23-35(51)52;/h3-8,27H,1-2,9-25H2,(H,38,46)(H,49,50)(H,51,52)(H,53,54)(H,55,56);/t27-;/m1./s1. The predicted molar refractivity (Wildman–Crippen MR) is 198 cm³/mol. The number of carbonyl (C=O) groups excluding carboxylic acids is 5. The molecule has 20 nitrogen and oxygen atoms in total. The van der Waals surface area contributed by atoms with Crippen molar-refractivity contribution in [1.82, 2.24) is 29.8 Å². The number of carboxylic acid groups (broad SMARTS) is 4. The number of carboxylic acids is 4. The van der Waals surface area contributed by atoms with Crippen LogP contribution in [0.3, 0.4) is 0 Å². The van der Waals surface area contributed by atoms with E-state index in [1.54, 1.807) is 43.9 Å². The third kappa shape index (κ3) is 19.5. The molecule has 0 bridgehead atoms. The number of aliphatic carboxylic acids is 4. The molecule has 320 valence electrons. The van der Waals surface area contributed by atoms with Crippen molar-refractivity contribution in [3.05, 3.63) is 42.0 Å². The van der Waals surface area contributed by atoms with E-state index in [0.717, 1.165) is 4.90 Å². The van der Waals surface area contributed by atoms with Crippen molar-refractivity contribution in [1.29, 1.82) is 0 Å². The van der Waals surface area contributed by atoms with Crippen molar-refractivity contribution in [3.8, 4) is 5.75 Å². The van der Waals surface area contributed by atoms with Gasteiger partial charge in [-0.3, -0.25) is 67.7 Å². The van der Waals surface area contributed by atoms with Crippen LogP contribution in [0.4, 0.5) is 0 Å². The van der Waals surface area contributed by atoms with Gasteiger partial charge in [-0.1, -0.05) is 12.1 Å². The van der Waals surface area contributed by atoms with Gasteiger partial charge in [0.05, 0.1) is 38.6 Å². The molecule has 5 N–H and O–H groups in total. The molecule has 1 fully saturated rings. The van der Waals surface area contributed by atoms with E-state index < -0.39 is 59.8 Å². The van der Waals surface area contributed by atoms with Crippen LogP contribution < -0.4 is 10.1 Å². The molecule has 0 unspecified atom stereocenters. The van der Waals surface area contributed by atoms with Crippen LogP contribution in [0.5, 0.6) is 5.75 Å². The molecule has 21 heteroatoms. The molecule has 1 atom stereocenters. The zero-order valence-electron chi connectivity index (χ0n) is 31.9. The zero-order chi connectivity index (χ0) is 41.9. The van der Waals surface area contributed by atoms with Crippen LogP contribution in [0.2, 0.25) is 0 Å². The molecular weight excluding hydrogens is 910 g/mol. The summed E-state index contributed by atoms with van der Waals surface area (Å²) in [6.07, 6.45) is 2.36. The zero-order valence-corrected chi connectivity index (χ0v) is 34.2. The fourth-order valence-electron chi connectivity index (χ4n) is 6.16. The van der Waals surface area contributed by atoms with Gasteiger partial charge in [0.1, 0.15) is 12.4 Å². The first-order valence-electron chi connectivity index (χ1n) is 18.4. The van der Waals surface area contributed by atoms with Gasteiger partial charge in [0, 0.05) is 124 Å². The summed E-state index contributed by atoms with van der Waals surface area (Å²) in [5, 5.41) is 40.5. The molecule has 3 rings (SSSR count). The number of benzene rings is 1. The maximum Gasteiger partial charge on any atom is 0.317 e. The molecule has 1 aromatic carbocycles. The van der Waals surface area contributed by atoms with E-state index in [0.29, 0.717) is 17.7 Å². The fraction of sp³-hybridized carbons (Fsp3) is 0.541. The number of nitrogens with one attached hydrogen (secondary N) is 1. The number of Topliss-reactive ketones (excluding diaryl/α,β-unsaturated/α-hetero) is 2. The van der Waals surface area contributed by atoms with Gasteiger partial charge in [0.25, 0.3) is 11.8 Å². The van der Waals surface area contributed by atoms with E-state index in [9.17, 15) is 63.6 Å². The third-order valence-electron chi connectivity index (χ3n) is 9.22. The summed E-state index contributed by atoms with van der Waals surface area (Å²) in [5.74, 6) is -7.35. The third-order valence-corrected chi connectivity index (χ3v) is 9.22. The summed E-state index contributed by atoms with van der Waals surface area (Å²) >= 11 is 0. The molecule has 1 aromatic rings. The Bertz CT molecular complexity index is 1610. The van der Waals surface area contributed by atoms with Crippen LogP contribution in [-0.4, -0.2) is 196 Å². The van der Waals surface area contributed by atoms with Gasteiger partial charge in [-0.25, -0.2) is 0 Å². The number of imide groups is 1. The van der Waals surface area contributed by atoms with Crippen molar-refractivity contribution >= 4 is 53.2 Å². The molecule has 58 heavy (non-hydrogen) atoms. The average Bonchev–Trinajstić information content (AvgIpc) is 3.46. The Hall–Kier alpha value is -4.25. The molecule has 2 heterocycles. The monoisotopic (exact) mass is 960 g/mol. The van der Waals surface area contributed by atoms with Gasteiger partial charge in [-0.2, -0.15) is 0 Å². The molecule has 0 aliphatic carbocycles. The maximum atomic E-state index is 13.0. The normalized spacial score (nSPS) is 16.7. The summed E-state index contributed by atoms with van der Waals surface area (Å²) in [6, 6.07) is 6.34. The summed E-state index contributed by atoms with van der Waals surface area (Å²) in [6.45, 7) is -0.0122. The summed E-state index contributed by atoms with van der Waals surface area (Å²) in [4.78, 5) is 115. The van der Waals surface area contributed by atoms with Crippen molar-refractivity contribution in [2.24, 2.45) is 5.92 Å². The number of nitrogens with zero attached hydrogens (tertiary/aromatic N) is 5. The summed E-state index contributed by atoms with van der Waals surface area (Å²) in [7, 11) is 0. The van der Waals surface area contributed by atoms with E-state index in [-0.39, 0.29) is 157 Å². The number of hydrogen-bond donors (Lipinski definition) is 5. The second kappa shape index (κ2) is 26.0. The summed E-state index contributed by atoms with van der Waals surface area (Å²) < 4.78 is 5.51. The number of hydrogen-bond acceptors (Lipinski definition) is 14. The second-order valence-corrected chi connectivity index (χ2v) is 13.8. The van der Waals surface area contributed by atoms with E-state index in [4.69, 9.17) is 4.74 Å². The average molecular weight is 960 g/mol. The van der Waals surface area contributed by atoms with E-state index in [1.165, 1.54) is 12.2 Å². The number of ketones is 2. The number of rotatable bonds is 22. The smallest absolute Gasteiger partial charge is 0.317 e. The first-order valence-corrected chi connectivity index (χ1v) is 18.4. The quantitative estimate of drug-likeness (QED) is 0.0797. The molecule has 1 saturated heterocycles. The second-order valence-electron chi connectivity index (χ2n) is 13.8. The molecule has 3 amide bonds. The minimum atomic E-state index is -1.21. The van der Waals surface area contributed by atoms with Crippen LogP contribution in [0.1, 0.15) is 24.8 Å². The molecule has 0 saturated carbocycles. The molecule has 2 aliphatic rings. The van der Waals surface area contributed by atoms with Gasteiger partial charge in [0.2, 0.25) is 5.91 Å². The van der Waals surface area contributed by atoms with Gasteiger partial charge in [-0.05, 0) is 30.5 Å². The molecule has 0 spiro atoms. The van der Waals surface area contributed by atoms with Crippen molar-refractivity contribution in [2.45, 2.75) is 25.7 Å². The van der Waals surface area contributed by atoms with Gasteiger partial charge in [0.15, 0.2) is 11.6 Å². The molecule has 0 radical (unpaired) electrons. The van der Waals surface area contributed by atoms with Crippen molar-refractivity contribution in [3.63, 3.8) is 0 Å². The fourth-order valence-corrected chi connectivity index (χ4v) is 6.16. The predicted octanol–water partition coefficient (Wildman–Crippen LogP) is -1.87. The largest absolute Gasteiger partial charge is 0.486 e. The Labute approximate surface area is 366 Å². The molecule has 0 aromatic heterocycles. The van der Waals surface area contributed by atoms with Crippen molar-refractivity contribution in [2.75, 3.05) is 98.2 Å². The topological polar surface area (TPSA) is 272 Å². The molecule has 2 aliphatic heterocycles. The Balaban J connectivity index is 0.0000116. The Morgan fingerprint density at radius 3 is 1.53 bits per heavy atom. The van der Waals surface area contributed by atoms with Gasteiger partial charge >= 0.3 is 23.9 Å². The van der Waals surface area contributed by atoms with E-state index in [2.05, 4.69) is 5.32 Å². The minimum absolute atomic E-state index is 0. The summed E-state index contributed by atoms with van der Waals surface area (Å²) in [5.41, 5.74) is 0.588. The minimum Gasteiger partial charge on any atom is -0.486 e. The number of carbonyl (C=O) groups is 9. The Kier molecular flexibility index (Phi) is 22.3. The van der Waals surface area contributed by atoms with Crippen LogP contribution in [0, 0.1) is 45.9 Å². The van der Waals surface area contributed by atoms with Crippen LogP contribution in [-0.2, 0) is 49.6 Å². The van der Waals surface area contributed by atoms with E-state index >= 15 is 0 Å². The SMILES string of the molecule is O=C(O)CN1CCN(CC(=O)O)CCN(CC(=O)NCC(=O)C[C@@H](Cc2ccc(OCC(=O)CCCN3C(=O)C=CC3=O)cc2)C(=O)O)CCN(CC(=O)O)CC1.[Gd]. The number of amides is 3. The Morgan fingerprint density at radius 1 is 0.655 bits per heavy atom. The maximum absolute atomic E-state index is 13.0. The van der Waals surface area contributed by atoms with Crippen molar-refractivity contribution < 1.29 is 108 Å². The van der Waals surface area contributed by atoms with E-state index in [1.807, 2.05) is 0 Å². The molecular formula is C37H50GdN6O14. The first-order chi connectivity index (χ1) is 27.1. The van der Waals surface area contributed by atoms with Gasteiger partial charge in [-0.15, -0.1) is 0 Å². The van der Waals surface area contributed by atoms with Crippen LogP contribution >= 0.6 is 0 Å². The van der Waals surface area contributed by atoms with Crippen LogP contribution in [0.25, 0.3) is 0 Å². The number of ether oxygens (including phenoxy) is 1. The van der Waals surface area contributed by atoms with Crippen LogP contribution in [0.15, 0.2) is 36.4 Å². The van der Waals surface area contributed by atoms with Gasteiger partial charge < -0.3 is 30.5 Å². The Morgan fingerprint density at radius 2 is 1.10 bits per heavy atom. The first kappa shape index (κ1) is 49.9.